The van der Waals surface area contributed by atoms with Crippen LogP contribution in [0.25, 0.3) is 0 Å². The van der Waals surface area contributed by atoms with E-state index in [0.29, 0.717) is 12.0 Å². The van der Waals surface area contributed by atoms with Crippen LogP contribution in [0.4, 0.5) is 0 Å². The lowest BCUT2D eigenvalue weighted by Crippen LogP contribution is -2.28. The van der Waals surface area contributed by atoms with E-state index in [1.54, 1.807) is 0 Å². The number of methoxy groups -OCH3 is 1. The number of esters is 2. The van der Waals surface area contributed by atoms with Gasteiger partial charge in [0.25, 0.3) is 0 Å². The van der Waals surface area contributed by atoms with E-state index < -0.39 is 11.9 Å². The van der Waals surface area contributed by atoms with Gasteiger partial charge in [-0.2, -0.15) is 0 Å². The minimum atomic E-state index is -0.594. The number of carbonyl (C=O) groups is 2. The maximum Gasteiger partial charge on any atom is 0.333 e. The summed E-state index contributed by atoms with van der Waals surface area (Å²) in [6, 6.07) is 0. The van der Waals surface area contributed by atoms with Gasteiger partial charge in [0.1, 0.15) is 6.61 Å². The standard InChI is InChI=1S/C16H26O5/c1-12(14(18)19-5)10-13(17)20-8-9-21-16(4)7-6-15(2,3)11-16/h1,6-11H2,2-5H3. The van der Waals surface area contributed by atoms with Crippen LogP contribution in [0.2, 0.25) is 0 Å². The molecule has 1 rings (SSSR count). The second-order valence-electron chi connectivity index (χ2n) is 6.63. The largest absolute Gasteiger partial charge is 0.466 e. The van der Waals surface area contributed by atoms with E-state index in [1.165, 1.54) is 7.11 Å². The summed E-state index contributed by atoms with van der Waals surface area (Å²) in [4.78, 5) is 22.6. The normalized spacial score (nSPS) is 23.6. The molecule has 0 heterocycles. The molecule has 1 atom stereocenters. The lowest BCUT2D eigenvalue weighted by atomic mass is 9.90. The Labute approximate surface area is 126 Å². The molecule has 0 N–H and O–H groups in total. The van der Waals surface area contributed by atoms with Gasteiger partial charge in [-0.05, 0) is 31.6 Å². The first-order valence-corrected chi connectivity index (χ1v) is 7.23. The molecule has 5 nitrogen and oxygen atoms in total. The van der Waals surface area contributed by atoms with Crippen LogP contribution >= 0.6 is 0 Å². The fraction of sp³-hybridized carbons (Fsp3) is 0.750. The van der Waals surface area contributed by atoms with Crippen LogP contribution in [0.1, 0.15) is 46.5 Å². The first-order chi connectivity index (χ1) is 9.67. The average molecular weight is 298 g/mol. The SMILES string of the molecule is C=C(CC(=O)OCCOC1(C)CCC(C)(C)C1)C(=O)OC. The van der Waals surface area contributed by atoms with Gasteiger partial charge in [0.05, 0.1) is 25.7 Å². The highest BCUT2D eigenvalue weighted by atomic mass is 16.6. The molecule has 1 unspecified atom stereocenters. The van der Waals surface area contributed by atoms with Crippen molar-refractivity contribution in [1.82, 2.24) is 0 Å². The molecular weight excluding hydrogens is 272 g/mol. The summed E-state index contributed by atoms with van der Waals surface area (Å²) in [5.41, 5.74) is 0.266. The first-order valence-electron chi connectivity index (χ1n) is 7.23. The summed E-state index contributed by atoms with van der Waals surface area (Å²) < 4.78 is 15.4. The molecule has 1 fully saturated rings. The second-order valence-corrected chi connectivity index (χ2v) is 6.63. The zero-order valence-electron chi connectivity index (χ0n) is 13.5. The number of rotatable bonds is 7. The zero-order valence-corrected chi connectivity index (χ0v) is 13.5. The third kappa shape index (κ3) is 5.87. The van der Waals surface area contributed by atoms with E-state index in [-0.39, 0.29) is 24.2 Å². The predicted octanol–water partition coefficient (Wildman–Crippen LogP) is 2.63. The molecule has 1 aliphatic carbocycles. The maximum atomic E-state index is 11.5. The first kappa shape index (κ1) is 17.7. The zero-order chi connectivity index (χ0) is 16.1. The van der Waals surface area contributed by atoms with Crippen LogP contribution in [0, 0.1) is 5.41 Å². The maximum absolute atomic E-state index is 11.5. The third-order valence-corrected chi connectivity index (χ3v) is 3.81. The van der Waals surface area contributed by atoms with Crippen molar-refractivity contribution in [2.45, 2.75) is 52.1 Å². The van der Waals surface area contributed by atoms with Gasteiger partial charge in [0.2, 0.25) is 0 Å². The van der Waals surface area contributed by atoms with E-state index >= 15 is 0 Å². The Bertz CT molecular complexity index is 413. The van der Waals surface area contributed by atoms with E-state index in [2.05, 4.69) is 32.1 Å². The summed E-state index contributed by atoms with van der Waals surface area (Å²) in [6.07, 6.45) is 3.01. The van der Waals surface area contributed by atoms with Crippen molar-refractivity contribution in [3.63, 3.8) is 0 Å². The molecule has 1 saturated carbocycles. The molecule has 0 aromatic heterocycles. The molecule has 0 aliphatic heterocycles. The minimum Gasteiger partial charge on any atom is -0.466 e. The number of hydrogen-bond acceptors (Lipinski definition) is 5. The second kappa shape index (κ2) is 7.07. The van der Waals surface area contributed by atoms with Crippen LogP contribution in [0.5, 0.6) is 0 Å². The van der Waals surface area contributed by atoms with Crippen molar-refractivity contribution >= 4 is 11.9 Å². The third-order valence-electron chi connectivity index (χ3n) is 3.81. The highest BCUT2D eigenvalue weighted by molar-refractivity contribution is 5.93. The van der Waals surface area contributed by atoms with Gasteiger partial charge < -0.3 is 14.2 Å². The van der Waals surface area contributed by atoms with Crippen molar-refractivity contribution in [3.8, 4) is 0 Å². The molecule has 120 valence electrons. The Morgan fingerprint density at radius 2 is 1.81 bits per heavy atom. The Morgan fingerprint density at radius 1 is 1.14 bits per heavy atom. The molecule has 0 bridgehead atoms. The Balaban J connectivity index is 2.21. The molecule has 0 aromatic carbocycles. The molecule has 0 aromatic rings. The molecular formula is C16H26O5. The molecule has 0 saturated heterocycles. The van der Waals surface area contributed by atoms with Crippen molar-refractivity contribution < 1.29 is 23.8 Å². The van der Waals surface area contributed by atoms with Gasteiger partial charge in [-0.1, -0.05) is 20.4 Å². The highest BCUT2D eigenvalue weighted by Crippen LogP contribution is 2.45. The summed E-state index contributed by atoms with van der Waals surface area (Å²) >= 11 is 0. The van der Waals surface area contributed by atoms with Gasteiger partial charge >= 0.3 is 11.9 Å². The van der Waals surface area contributed by atoms with Gasteiger partial charge in [-0.15, -0.1) is 0 Å². The summed E-state index contributed by atoms with van der Waals surface area (Å²) in [6.45, 7) is 10.6. The van der Waals surface area contributed by atoms with Crippen molar-refractivity contribution in [1.29, 1.82) is 0 Å². The number of ether oxygens (including phenoxy) is 3. The van der Waals surface area contributed by atoms with Gasteiger partial charge in [-0.25, -0.2) is 4.79 Å². The smallest absolute Gasteiger partial charge is 0.333 e. The van der Waals surface area contributed by atoms with Crippen molar-refractivity contribution in [2.24, 2.45) is 5.41 Å². The predicted molar refractivity (Wildman–Crippen MR) is 78.7 cm³/mol. The number of hydrogen-bond donors (Lipinski definition) is 0. The van der Waals surface area contributed by atoms with Crippen LogP contribution in [0.15, 0.2) is 12.2 Å². The van der Waals surface area contributed by atoms with Gasteiger partial charge in [0, 0.05) is 5.57 Å². The fourth-order valence-corrected chi connectivity index (χ4v) is 2.80. The van der Waals surface area contributed by atoms with Crippen molar-refractivity contribution in [2.75, 3.05) is 20.3 Å². The molecule has 1 aliphatic rings. The Morgan fingerprint density at radius 3 is 2.33 bits per heavy atom. The minimum absolute atomic E-state index is 0.0907. The summed E-state index contributed by atoms with van der Waals surface area (Å²) in [5.74, 6) is -1.09. The lowest BCUT2D eigenvalue weighted by Gasteiger charge is -2.26. The van der Waals surface area contributed by atoms with E-state index in [0.717, 1.165) is 19.3 Å². The van der Waals surface area contributed by atoms with Crippen LogP contribution in [0.3, 0.4) is 0 Å². The van der Waals surface area contributed by atoms with Gasteiger partial charge in [0.15, 0.2) is 0 Å². The summed E-state index contributed by atoms with van der Waals surface area (Å²) in [5, 5.41) is 0. The van der Waals surface area contributed by atoms with Crippen LogP contribution in [-0.4, -0.2) is 37.9 Å². The Kier molecular flexibility index (Phi) is 5.96. The monoisotopic (exact) mass is 298 g/mol. The summed E-state index contributed by atoms with van der Waals surface area (Å²) in [7, 11) is 1.25. The lowest BCUT2D eigenvalue weighted by molar-refractivity contribution is -0.148. The molecule has 0 spiro atoms. The topological polar surface area (TPSA) is 61.8 Å². The molecule has 0 amide bonds. The number of carbonyl (C=O) groups excluding carboxylic acids is 2. The van der Waals surface area contributed by atoms with E-state index in [9.17, 15) is 9.59 Å². The molecule has 0 radical (unpaired) electrons. The van der Waals surface area contributed by atoms with Crippen LogP contribution in [-0.2, 0) is 23.8 Å². The molecule has 21 heavy (non-hydrogen) atoms. The van der Waals surface area contributed by atoms with E-state index in [4.69, 9.17) is 9.47 Å². The fourth-order valence-electron chi connectivity index (χ4n) is 2.80. The van der Waals surface area contributed by atoms with Crippen LogP contribution < -0.4 is 0 Å². The van der Waals surface area contributed by atoms with Crippen molar-refractivity contribution in [3.05, 3.63) is 12.2 Å². The highest BCUT2D eigenvalue weighted by Gasteiger charge is 2.40. The van der Waals surface area contributed by atoms with Gasteiger partial charge in [-0.3, -0.25) is 4.79 Å². The molecule has 5 heteroatoms. The quantitative estimate of drug-likeness (QED) is 0.411. The van der Waals surface area contributed by atoms with E-state index in [1.807, 2.05) is 0 Å². The average Bonchev–Trinajstić information content (AvgIpc) is 2.68. The Hall–Kier alpha value is -1.36.